The number of amides is 2. The molecule has 1 aromatic carbocycles. The number of nitrogens with zero attached hydrogens (tertiary/aromatic N) is 4. The van der Waals surface area contributed by atoms with E-state index in [1.165, 1.54) is 12.3 Å². The molecular formula is C23H32ClN5O4. The fourth-order valence-corrected chi connectivity index (χ4v) is 3.98. The van der Waals surface area contributed by atoms with Crippen LogP contribution in [0.15, 0.2) is 30.5 Å². The number of primary amides is 1. The average Bonchev–Trinajstić information content (AvgIpc) is 3.27. The molecule has 1 aromatic heterocycles. The molecule has 1 fully saturated rings. The third-order valence-electron chi connectivity index (χ3n) is 6.09. The molecule has 1 saturated heterocycles. The van der Waals surface area contributed by atoms with Gasteiger partial charge in [-0.05, 0) is 38.0 Å². The number of nitrogens with two attached hydrogens (primary N) is 1. The number of ether oxygens (including phenoxy) is 1. The van der Waals surface area contributed by atoms with Crippen LogP contribution in [0.5, 0.6) is 5.75 Å². The second kappa shape index (κ2) is 10.5. The Morgan fingerprint density at radius 3 is 2.73 bits per heavy atom. The number of piperazine rings is 1. The number of rotatable bonds is 8. The lowest BCUT2D eigenvalue weighted by Gasteiger charge is -2.39. The molecule has 0 radical (unpaired) electrons. The predicted molar refractivity (Wildman–Crippen MR) is 125 cm³/mol. The Morgan fingerprint density at radius 1 is 1.33 bits per heavy atom. The molecule has 3 rings (SSSR count). The maximum atomic E-state index is 12.8. The number of carbonyl (C=O) groups is 2. The SMILES string of the molecule is CCC(C)(O)CCOc1cccc(CN2CCN(C(=O)n3ccc(C(N)=O)n3)[C@H](C)C2)c1Cl. The number of aromatic nitrogens is 2. The van der Waals surface area contributed by atoms with E-state index < -0.39 is 11.5 Å². The quantitative estimate of drug-likeness (QED) is 0.604. The van der Waals surface area contributed by atoms with Gasteiger partial charge in [0.2, 0.25) is 0 Å². The van der Waals surface area contributed by atoms with Crippen LogP contribution in [0.3, 0.4) is 0 Å². The fraction of sp³-hybridized carbons (Fsp3) is 0.522. The third kappa shape index (κ3) is 6.25. The van der Waals surface area contributed by atoms with Crippen molar-refractivity contribution in [2.75, 3.05) is 26.2 Å². The van der Waals surface area contributed by atoms with Crippen LogP contribution in [-0.2, 0) is 6.54 Å². The van der Waals surface area contributed by atoms with Crippen molar-refractivity contribution in [3.05, 3.63) is 46.7 Å². The highest BCUT2D eigenvalue weighted by atomic mass is 35.5. The molecule has 0 saturated carbocycles. The Labute approximate surface area is 199 Å². The van der Waals surface area contributed by atoms with Crippen LogP contribution in [0.4, 0.5) is 4.79 Å². The van der Waals surface area contributed by atoms with Crippen molar-refractivity contribution < 1.29 is 19.4 Å². The first kappa shape index (κ1) is 25.0. The second-order valence-corrected chi connectivity index (χ2v) is 9.13. The number of carbonyl (C=O) groups excluding carboxylic acids is 2. The zero-order valence-corrected chi connectivity index (χ0v) is 20.1. The van der Waals surface area contributed by atoms with E-state index in [0.717, 1.165) is 10.2 Å². The minimum absolute atomic E-state index is 0.0537. The van der Waals surface area contributed by atoms with Crippen LogP contribution in [0, 0.1) is 0 Å². The van der Waals surface area contributed by atoms with Gasteiger partial charge in [-0.2, -0.15) is 9.78 Å². The molecule has 0 aliphatic carbocycles. The van der Waals surface area contributed by atoms with E-state index in [1.807, 2.05) is 32.0 Å². The molecule has 3 N–H and O–H groups in total. The average molecular weight is 478 g/mol. The first-order valence-electron chi connectivity index (χ1n) is 11.1. The lowest BCUT2D eigenvalue weighted by molar-refractivity contribution is 0.0333. The van der Waals surface area contributed by atoms with Crippen LogP contribution in [-0.4, -0.2) is 74.5 Å². The van der Waals surface area contributed by atoms with Gasteiger partial charge in [0.15, 0.2) is 5.69 Å². The van der Waals surface area contributed by atoms with E-state index in [1.54, 1.807) is 11.8 Å². The lowest BCUT2D eigenvalue weighted by atomic mass is 10.0. The maximum absolute atomic E-state index is 12.8. The van der Waals surface area contributed by atoms with Gasteiger partial charge in [0.25, 0.3) is 5.91 Å². The van der Waals surface area contributed by atoms with Crippen molar-refractivity contribution in [1.29, 1.82) is 0 Å². The summed E-state index contributed by atoms with van der Waals surface area (Å²) in [5, 5.41) is 14.7. The van der Waals surface area contributed by atoms with E-state index in [4.69, 9.17) is 22.1 Å². The highest BCUT2D eigenvalue weighted by Crippen LogP contribution is 2.30. The van der Waals surface area contributed by atoms with Gasteiger partial charge in [0, 0.05) is 44.8 Å². The van der Waals surface area contributed by atoms with E-state index >= 15 is 0 Å². The highest BCUT2D eigenvalue weighted by molar-refractivity contribution is 6.32. The minimum atomic E-state index is -0.755. The Balaban J connectivity index is 1.58. The molecule has 2 atom stereocenters. The molecule has 2 amide bonds. The van der Waals surface area contributed by atoms with E-state index in [2.05, 4.69) is 10.00 Å². The fourth-order valence-electron chi connectivity index (χ4n) is 3.74. The number of hydrogen-bond acceptors (Lipinski definition) is 6. The van der Waals surface area contributed by atoms with Crippen molar-refractivity contribution in [3.8, 4) is 5.75 Å². The van der Waals surface area contributed by atoms with Crippen LogP contribution < -0.4 is 10.5 Å². The summed E-state index contributed by atoms with van der Waals surface area (Å²) < 4.78 is 6.99. The molecule has 180 valence electrons. The molecule has 2 heterocycles. The summed E-state index contributed by atoms with van der Waals surface area (Å²) in [7, 11) is 0. The van der Waals surface area contributed by atoms with Gasteiger partial charge in [-0.15, -0.1) is 0 Å². The lowest BCUT2D eigenvalue weighted by Crippen LogP contribution is -2.54. The number of benzene rings is 1. The van der Waals surface area contributed by atoms with Crippen molar-refractivity contribution in [1.82, 2.24) is 19.6 Å². The summed E-state index contributed by atoms with van der Waals surface area (Å²) in [4.78, 5) is 28.0. The first-order chi connectivity index (χ1) is 15.6. The molecule has 1 aliphatic rings. The van der Waals surface area contributed by atoms with Crippen LogP contribution >= 0.6 is 11.6 Å². The van der Waals surface area contributed by atoms with Crippen LogP contribution in [0.2, 0.25) is 5.02 Å². The third-order valence-corrected chi connectivity index (χ3v) is 6.52. The van der Waals surface area contributed by atoms with Gasteiger partial charge in [-0.1, -0.05) is 30.7 Å². The van der Waals surface area contributed by atoms with Crippen molar-refractivity contribution >= 4 is 23.5 Å². The van der Waals surface area contributed by atoms with E-state index in [9.17, 15) is 14.7 Å². The summed E-state index contributed by atoms with van der Waals surface area (Å²) in [6, 6.07) is 6.80. The Kier molecular flexibility index (Phi) is 7.99. The molecular weight excluding hydrogens is 446 g/mol. The van der Waals surface area contributed by atoms with E-state index in [-0.39, 0.29) is 17.8 Å². The monoisotopic (exact) mass is 477 g/mol. The summed E-state index contributed by atoms with van der Waals surface area (Å²) in [6.07, 6.45) is 2.63. The Hall–Kier alpha value is -2.62. The molecule has 2 aromatic rings. The summed E-state index contributed by atoms with van der Waals surface area (Å²) >= 11 is 6.61. The standard InChI is InChI=1S/C23H32ClN5O4/c1-4-23(3,32)9-13-33-19-7-5-6-17(20(19)24)15-27-11-12-28(16(2)14-27)22(31)29-10-8-18(26-29)21(25)30/h5-8,10,16,32H,4,9,11-15H2,1-3H3,(H2,25,30)/t16-,23?/m1/s1. The molecule has 9 nitrogen and oxygen atoms in total. The summed E-state index contributed by atoms with van der Waals surface area (Å²) in [5.74, 6) is -0.0647. The molecule has 33 heavy (non-hydrogen) atoms. The summed E-state index contributed by atoms with van der Waals surface area (Å²) in [6.45, 7) is 8.57. The smallest absolute Gasteiger partial charge is 0.344 e. The topological polar surface area (TPSA) is 114 Å². The molecule has 10 heteroatoms. The molecule has 1 unspecified atom stereocenters. The van der Waals surface area contributed by atoms with Gasteiger partial charge in [-0.3, -0.25) is 9.69 Å². The van der Waals surface area contributed by atoms with Gasteiger partial charge < -0.3 is 20.5 Å². The Morgan fingerprint density at radius 2 is 2.09 bits per heavy atom. The van der Waals surface area contributed by atoms with Crippen molar-refractivity contribution in [2.24, 2.45) is 5.73 Å². The maximum Gasteiger partial charge on any atom is 0.344 e. The largest absolute Gasteiger partial charge is 0.492 e. The van der Waals surface area contributed by atoms with Gasteiger partial charge in [0.1, 0.15) is 5.75 Å². The zero-order valence-electron chi connectivity index (χ0n) is 19.3. The van der Waals surface area contributed by atoms with Crippen LogP contribution in [0.1, 0.15) is 49.7 Å². The second-order valence-electron chi connectivity index (χ2n) is 8.75. The highest BCUT2D eigenvalue weighted by Gasteiger charge is 2.29. The number of hydrogen-bond donors (Lipinski definition) is 2. The molecule has 0 bridgehead atoms. The normalized spacial score (nSPS) is 18.7. The van der Waals surface area contributed by atoms with Gasteiger partial charge in [0.05, 0.1) is 17.2 Å². The molecule has 1 aliphatic heterocycles. The Bertz CT molecular complexity index is 993. The van der Waals surface area contributed by atoms with Crippen molar-refractivity contribution in [3.63, 3.8) is 0 Å². The number of halogens is 1. The zero-order chi connectivity index (χ0) is 24.2. The van der Waals surface area contributed by atoms with Gasteiger partial charge in [-0.25, -0.2) is 4.79 Å². The summed E-state index contributed by atoms with van der Waals surface area (Å²) in [5.41, 5.74) is 5.47. The predicted octanol–water partition coefficient (Wildman–Crippen LogP) is 2.74. The molecule has 0 spiro atoms. The van der Waals surface area contributed by atoms with Crippen LogP contribution in [0.25, 0.3) is 0 Å². The van der Waals surface area contributed by atoms with Crippen molar-refractivity contribution in [2.45, 2.75) is 51.8 Å². The van der Waals surface area contributed by atoms with E-state index in [0.29, 0.717) is 56.4 Å². The van der Waals surface area contributed by atoms with Gasteiger partial charge >= 0.3 is 6.03 Å². The minimum Gasteiger partial charge on any atom is -0.492 e. The first-order valence-corrected chi connectivity index (χ1v) is 11.5. The number of aliphatic hydroxyl groups is 1.